The minimum Gasteiger partial charge on any atom is -0.444 e. The van der Waals surface area contributed by atoms with Gasteiger partial charge in [0.15, 0.2) is 0 Å². The molecule has 1 amide bonds. The van der Waals surface area contributed by atoms with Gasteiger partial charge in [0.25, 0.3) is 0 Å². The summed E-state index contributed by atoms with van der Waals surface area (Å²) in [5.74, 6) is 0.812. The van der Waals surface area contributed by atoms with Crippen molar-refractivity contribution in [3.05, 3.63) is 0 Å². The molecular formula is C12H23NO3. The number of aliphatic hydroxyl groups excluding tert-OH is 1. The van der Waals surface area contributed by atoms with Crippen LogP contribution >= 0.6 is 0 Å². The maximum atomic E-state index is 11.6. The lowest BCUT2D eigenvalue weighted by Gasteiger charge is -2.23. The highest BCUT2D eigenvalue weighted by molar-refractivity contribution is 5.69. The Labute approximate surface area is 97.4 Å². The predicted octanol–water partition coefficient (Wildman–Crippen LogP) is 1.92. The van der Waals surface area contributed by atoms with Crippen LogP contribution in [0.15, 0.2) is 0 Å². The summed E-state index contributed by atoms with van der Waals surface area (Å²) in [5.41, 5.74) is -0.945. The fraction of sp³-hybridized carbons (Fsp3) is 0.917. The molecule has 1 fully saturated rings. The van der Waals surface area contributed by atoms with Crippen LogP contribution in [0.2, 0.25) is 0 Å². The minimum absolute atomic E-state index is 0.0188. The third-order valence-electron chi connectivity index (χ3n) is 2.97. The van der Waals surface area contributed by atoms with E-state index in [4.69, 9.17) is 4.74 Å². The van der Waals surface area contributed by atoms with Crippen molar-refractivity contribution in [2.75, 3.05) is 6.61 Å². The van der Waals surface area contributed by atoms with Crippen LogP contribution < -0.4 is 5.32 Å². The molecule has 1 rings (SSSR count). The second-order valence-corrected chi connectivity index (χ2v) is 6.00. The fourth-order valence-corrected chi connectivity index (χ4v) is 2.08. The Morgan fingerprint density at radius 3 is 2.44 bits per heavy atom. The largest absolute Gasteiger partial charge is 0.444 e. The van der Waals surface area contributed by atoms with Crippen LogP contribution in [0.3, 0.4) is 0 Å². The highest BCUT2D eigenvalue weighted by Crippen LogP contribution is 2.48. The number of hydrogen-bond donors (Lipinski definition) is 2. The second kappa shape index (κ2) is 4.24. The Morgan fingerprint density at radius 1 is 1.56 bits per heavy atom. The molecule has 0 saturated heterocycles. The van der Waals surface area contributed by atoms with Gasteiger partial charge < -0.3 is 15.2 Å². The van der Waals surface area contributed by atoms with E-state index in [1.807, 2.05) is 20.8 Å². The van der Waals surface area contributed by atoms with Crippen molar-refractivity contribution in [2.45, 2.75) is 52.2 Å². The second-order valence-electron chi connectivity index (χ2n) is 6.00. The third-order valence-corrected chi connectivity index (χ3v) is 2.97. The quantitative estimate of drug-likeness (QED) is 0.777. The molecule has 0 aromatic heterocycles. The zero-order valence-corrected chi connectivity index (χ0v) is 10.8. The lowest BCUT2D eigenvalue weighted by molar-refractivity contribution is 0.0458. The van der Waals surface area contributed by atoms with Crippen molar-refractivity contribution in [2.24, 2.45) is 11.8 Å². The number of aliphatic hydroxyl groups is 1. The average Bonchev–Trinajstić information content (AvgIpc) is 2.76. The number of carbonyl (C=O) groups is 1. The fourth-order valence-electron chi connectivity index (χ4n) is 2.08. The topological polar surface area (TPSA) is 58.6 Å². The van der Waals surface area contributed by atoms with Crippen LogP contribution in [-0.2, 0) is 4.74 Å². The summed E-state index contributed by atoms with van der Waals surface area (Å²) < 4.78 is 5.18. The van der Waals surface area contributed by atoms with E-state index in [-0.39, 0.29) is 6.61 Å². The number of nitrogens with one attached hydrogen (secondary N) is 1. The van der Waals surface area contributed by atoms with Gasteiger partial charge in [-0.15, -0.1) is 0 Å². The van der Waals surface area contributed by atoms with Crippen LogP contribution in [0.1, 0.15) is 41.0 Å². The average molecular weight is 229 g/mol. The minimum atomic E-state index is -0.497. The molecule has 0 aromatic rings. The highest BCUT2D eigenvalue weighted by atomic mass is 16.6. The van der Waals surface area contributed by atoms with Crippen LogP contribution in [0.25, 0.3) is 0 Å². The summed E-state index contributed by atoms with van der Waals surface area (Å²) in [6.07, 6.45) is 0.394. The van der Waals surface area contributed by atoms with Crippen LogP contribution in [0.5, 0.6) is 0 Å². The summed E-state index contributed by atoms with van der Waals surface area (Å²) in [7, 11) is 0. The molecule has 0 aromatic carbocycles. The third kappa shape index (κ3) is 3.11. The molecule has 4 nitrogen and oxygen atoms in total. The van der Waals surface area contributed by atoms with E-state index in [0.717, 1.165) is 6.42 Å². The summed E-state index contributed by atoms with van der Waals surface area (Å²) in [5, 5.41) is 12.1. The zero-order chi connectivity index (χ0) is 12.6. The molecule has 0 bridgehead atoms. The van der Waals surface area contributed by atoms with Gasteiger partial charge in [0.1, 0.15) is 5.60 Å². The molecular weight excluding hydrogens is 206 g/mol. The Hall–Kier alpha value is -0.770. The van der Waals surface area contributed by atoms with Gasteiger partial charge >= 0.3 is 6.09 Å². The predicted molar refractivity (Wildman–Crippen MR) is 62.1 cm³/mol. The van der Waals surface area contributed by atoms with E-state index < -0.39 is 17.2 Å². The van der Waals surface area contributed by atoms with Gasteiger partial charge in [0, 0.05) is 0 Å². The Bertz CT molecular complexity index is 270. The SMILES string of the molecule is CC(C)[C@@H]1C[C@@]1(CO)NC(=O)OC(C)(C)C. The van der Waals surface area contributed by atoms with Gasteiger partial charge in [-0.1, -0.05) is 13.8 Å². The molecule has 1 aliphatic rings. The molecule has 0 unspecified atom stereocenters. The van der Waals surface area contributed by atoms with Crippen molar-refractivity contribution in [3.63, 3.8) is 0 Å². The molecule has 2 N–H and O–H groups in total. The molecule has 2 atom stereocenters. The molecule has 0 radical (unpaired) electrons. The van der Waals surface area contributed by atoms with Gasteiger partial charge in [-0.05, 0) is 39.0 Å². The lowest BCUT2D eigenvalue weighted by atomic mass is 10.0. The molecule has 94 valence electrons. The van der Waals surface area contributed by atoms with Crippen molar-refractivity contribution >= 4 is 6.09 Å². The van der Waals surface area contributed by atoms with Gasteiger partial charge in [-0.3, -0.25) is 0 Å². The molecule has 0 heterocycles. The number of hydrogen-bond acceptors (Lipinski definition) is 3. The first-order valence-corrected chi connectivity index (χ1v) is 5.82. The maximum Gasteiger partial charge on any atom is 0.408 e. The zero-order valence-electron chi connectivity index (χ0n) is 10.8. The number of carbonyl (C=O) groups excluding carboxylic acids is 1. The monoisotopic (exact) mass is 229 g/mol. The summed E-state index contributed by atoms with van der Waals surface area (Å²) >= 11 is 0. The molecule has 1 saturated carbocycles. The first-order chi connectivity index (χ1) is 7.20. The number of alkyl carbamates (subject to hydrolysis) is 1. The molecule has 4 heteroatoms. The summed E-state index contributed by atoms with van der Waals surface area (Å²) in [4.78, 5) is 11.6. The number of amides is 1. The smallest absolute Gasteiger partial charge is 0.408 e. The van der Waals surface area contributed by atoms with E-state index in [9.17, 15) is 9.90 Å². The van der Waals surface area contributed by atoms with Gasteiger partial charge in [-0.2, -0.15) is 0 Å². The molecule has 16 heavy (non-hydrogen) atoms. The van der Waals surface area contributed by atoms with E-state index in [1.165, 1.54) is 0 Å². The van der Waals surface area contributed by atoms with Gasteiger partial charge in [-0.25, -0.2) is 4.79 Å². The van der Waals surface area contributed by atoms with Crippen LogP contribution in [-0.4, -0.2) is 28.9 Å². The summed E-state index contributed by atoms with van der Waals surface area (Å²) in [6.45, 7) is 9.65. The van der Waals surface area contributed by atoms with E-state index >= 15 is 0 Å². The summed E-state index contributed by atoms with van der Waals surface area (Å²) in [6, 6.07) is 0. The van der Waals surface area contributed by atoms with E-state index in [1.54, 1.807) is 0 Å². The van der Waals surface area contributed by atoms with Crippen LogP contribution in [0, 0.1) is 11.8 Å². The normalized spacial score (nSPS) is 29.1. The van der Waals surface area contributed by atoms with E-state index in [0.29, 0.717) is 11.8 Å². The van der Waals surface area contributed by atoms with Gasteiger partial charge in [0.2, 0.25) is 0 Å². The number of rotatable bonds is 3. The van der Waals surface area contributed by atoms with Crippen molar-refractivity contribution in [3.8, 4) is 0 Å². The van der Waals surface area contributed by atoms with Crippen molar-refractivity contribution in [1.82, 2.24) is 5.32 Å². The van der Waals surface area contributed by atoms with Gasteiger partial charge in [0.05, 0.1) is 12.1 Å². The maximum absolute atomic E-state index is 11.6. The van der Waals surface area contributed by atoms with Crippen molar-refractivity contribution < 1.29 is 14.6 Å². The lowest BCUT2D eigenvalue weighted by Crippen LogP contribution is -2.44. The van der Waals surface area contributed by atoms with E-state index in [2.05, 4.69) is 19.2 Å². The molecule has 0 spiro atoms. The van der Waals surface area contributed by atoms with Crippen LogP contribution in [0.4, 0.5) is 4.79 Å². The molecule has 1 aliphatic carbocycles. The Morgan fingerprint density at radius 2 is 2.12 bits per heavy atom. The Balaban J connectivity index is 2.51. The standard InChI is InChI=1S/C12H23NO3/c1-8(2)9-6-12(9,7-14)13-10(15)16-11(3,4)5/h8-9,14H,6-7H2,1-5H3,(H,13,15)/t9-,12-/m0/s1. The first-order valence-electron chi connectivity index (χ1n) is 5.82. The van der Waals surface area contributed by atoms with Crippen molar-refractivity contribution in [1.29, 1.82) is 0 Å². The number of ether oxygens (including phenoxy) is 1. The Kier molecular flexibility index (Phi) is 3.53. The molecule has 0 aliphatic heterocycles. The first kappa shape index (κ1) is 13.3. The highest BCUT2D eigenvalue weighted by Gasteiger charge is 2.56.